The summed E-state index contributed by atoms with van der Waals surface area (Å²) in [4.78, 5) is 19.4. The van der Waals surface area contributed by atoms with Gasteiger partial charge in [-0.15, -0.1) is 0 Å². The van der Waals surface area contributed by atoms with Crippen LogP contribution in [0.1, 0.15) is 54.2 Å². The summed E-state index contributed by atoms with van der Waals surface area (Å²) in [5.41, 5.74) is 3.38. The summed E-state index contributed by atoms with van der Waals surface area (Å²) in [6, 6.07) is 2.00. The second-order valence-corrected chi connectivity index (χ2v) is 16.8. The molecule has 0 bridgehead atoms. The number of hydrogen-bond acceptors (Lipinski definition) is 5. The number of nitrogens with zero attached hydrogens (tertiary/aromatic N) is 2. The fourth-order valence-electron chi connectivity index (χ4n) is 3.61. The molecule has 1 amide bonds. The monoisotopic (exact) mass is 499 g/mol. The number of carbonyl (C=O) groups excluding carboxylic acids is 1. The Morgan fingerprint density at radius 3 is 2.54 bits per heavy atom. The summed E-state index contributed by atoms with van der Waals surface area (Å²) < 4.78 is 12.0. The molecule has 1 unspecified atom stereocenters. The number of aromatic nitrogens is 1. The van der Waals surface area contributed by atoms with Crippen LogP contribution in [0.15, 0.2) is 48.7 Å². The predicted molar refractivity (Wildman–Crippen MR) is 150 cm³/mol. The van der Waals surface area contributed by atoms with E-state index in [0.717, 1.165) is 37.5 Å². The highest BCUT2D eigenvalue weighted by atomic mass is 28.4. The molecular formula is C28H45N3O3Si. The van der Waals surface area contributed by atoms with Gasteiger partial charge in [0, 0.05) is 25.6 Å². The first-order valence-electron chi connectivity index (χ1n) is 12.4. The molecule has 1 aromatic heterocycles. The van der Waals surface area contributed by atoms with E-state index in [2.05, 4.69) is 63.7 Å². The Kier molecular flexibility index (Phi) is 9.54. The van der Waals surface area contributed by atoms with Crippen molar-refractivity contribution in [3.8, 4) is 0 Å². The number of ether oxygens (including phenoxy) is 1. The zero-order chi connectivity index (χ0) is 26.4. The highest BCUT2D eigenvalue weighted by Gasteiger charge is 2.38. The molecule has 7 heteroatoms. The SMILES string of the molecule is C=C/C=C\C=C(/C)CN1CC(CO[Si](C)(C)C(C)(C)C)Cc2ncc(NC(=O)OC(C)(C)C)cc21. The van der Waals surface area contributed by atoms with Crippen molar-refractivity contribution in [2.75, 3.05) is 29.9 Å². The van der Waals surface area contributed by atoms with Crippen LogP contribution in [0.2, 0.25) is 18.1 Å². The first-order chi connectivity index (χ1) is 16.1. The fraction of sp³-hybridized carbons (Fsp3) is 0.571. The zero-order valence-electron chi connectivity index (χ0n) is 23.2. The Balaban J connectivity index is 2.27. The standard InChI is InChI=1S/C28H45N3O3Si/c1-11-12-13-14-21(2)18-31-19-22(20-33-35(9,10)28(6,7)8)15-24-25(31)16-23(17-29-24)30-26(32)34-27(3,4)5/h11-14,16-17,22H,1,15,18-20H2,2-10H3,(H,30,32)/b13-12-,21-14+. The summed E-state index contributed by atoms with van der Waals surface area (Å²) in [5, 5.41) is 3.01. The van der Waals surface area contributed by atoms with Crippen LogP contribution in [0.4, 0.5) is 16.2 Å². The minimum atomic E-state index is -1.83. The van der Waals surface area contributed by atoms with Crippen LogP contribution in [0.25, 0.3) is 0 Å². The lowest BCUT2D eigenvalue weighted by molar-refractivity contribution is 0.0636. The lowest BCUT2D eigenvalue weighted by Gasteiger charge is -2.40. The molecule has 0 aliphatic carbocycles. The van der Waals surface area contributed by atoms with Gasteiger partial charge in [0.15, 0.2) is 8.32 Å². The van der Waals surface area contributed by atoms with Crippen molar-refractivity contribution in [1.82, 2.24) is 4.98 Å². The first kappa shape index (κ1) is 28.9. The highest BCUT2D eigenvalue weighted by molar-refractivity contribution is 6.74. The van der Waals surface area contributed by atoms with Crippen LogP contribution in [-0.4, -0.2) is 44.7 Å². The first-order valence-corrected chi connectivity index (χ1v) is 15.3. The molecule has 2 rings (SSSR count). The van der Waals surface area contributed by atoms with Crippen molar-refractivity contribution in [3.05, 3.63) is 54.4 Å². The molecular weight excluding hydrogens is 454 g/mol. The second kappa shape index (κ2) is 11.6. The number of hydrogen-bond donors (Lipinski definition) is 1. The Bertz CT molecular complexity index is 955. The maximum atomic E-state index is 12.3. The van der Waals surface area contributed by atoms with E-state index in [0.29, 0.717) is 11.6 Å². The Morgan fingerprint density at radius 2 is 1.94 bits per heavy atom. The van der Waals surface area contributed by atoms with Gasteiger partial charge < -0.3 is 14.1 Å². The molecule has 0 saturated carbocycles. The molecule has 0 aromatic carbocycles. The van der Waals surface area contributed by atoms with Crippen molar-refractivity contribution in [1.29, 1.82) is 0 Å². The molecule has 0 spiro atoms. The normalized spacial score (nSPS) is 17.3. The molecule has 35 heavy (non-hydrogen) atoms. The van der Waals surface area contributed by atoms with Gasteiger partial charge in [-0.3, -0.25) is 10.3 Å². The van der Waals surface area contributed by atoms with Gasteiger partial charge in [0.05, 0.1) is 23.3 Å². The molecule has 1 aromatic rings. The molecule has 1 N–H and O–H groups in total. The van der Waals surface area contributed by atoms with Gasteiger partial charge in [0.2, 0.25) is 0 Å². The van der Waals surface area contributed by atoms with Crippen LogP contribution in [0.5, 0.6) is 0 Å². The average Bonchev–Trinajstić information content (AvgIpc) is 2.70. The summed E-state index contributed by atoms with van der Waals surface area (Å²) >= 11 is 0. The van der Waals surface area contributed by atoms with Crippen molar-refractivity contribution < 1.29 is 14.0 Å². The van der Waals surface area contributed by atoms with Crippen LogP contribution in [-0.2, 0) is 15.6 Å². The third-order valence-corrected chi connectivity index (χ3v) is 10.9. The lowest BCUT2D eigenvalue weighted by atomic mass is 9.96. The van der Waals surface area contributed by atoms with E-state index < -0.39 is 20.0 Å². The van der Waals surface area contributed by atoms with Gasteiger partial charge in [-0.1, -0.05) is 57.2 Å². The quantitative estimate of drug-likeness (QED) is 0.305. The van der Waals surface area contributed by atoms with Gasteiger partial charge in [0.1, 0.15) is 5.60 Å². The molecule has 1 atom stereocenters. The molecule has 2 heterocycles. The number of amides is 1. The smallest absolute Gasteiger partial charge is 0.412 e. The summed E-state index contributed by atoms with van der Waals surface area (Å²) in [6.45, 7) is 25.2. The number of anilines is 2. The number of rotatable bonds is 8. The predicted octanol–water partition coefficient (Wildman–Crippen LogP) is 7.12. The van der Waals surface area contributed by atoms with Gasteiger partial charge >= 0.3 is 6.09 Å². The second-order valence-electron chi connectivity index (χ2n) is 12.0. The number of fused-ring (bicyclic) bond motifs is 1. The number of pyridine rings is 1. The number of allylic oxidation sites excluding steroid dienone is 4. The van der Waals surface area contributed by atoms with Crippen LogP contribution in [0, 0.1) is 5.92 Å². The van der Waals surface area contributed by atoms with Crippen molar-refractivity contribution >= 4 is 25.8 Å². The Hall–Kier alpha value is -2.38. The largest absolute Gasteiger partial charge is 0.444 e. The third-order valence-electron chi connectivity index (χ3n) is 6.45. The molecule has 194 valence electrons. The van der Waals surface area contributed by atoms with Gasteiger partial charge in [-0.25, -0.2) is 4.79 Å². The summed E-state index contributed by atoms with van der Waals surface area (Å²) in [7, 11) is -1.83. The maximum absolute atomic E-state index is 12.3. The Morgan fingerprint density at radius 1 is 1.26 bits per heavy atom. The minimum absolute atomic E-state index is 0.177. The van der Waals surface area contributed by atoms with E-state index >= 15 is 0 Å². The van der Waals surface area contributed by atoms with Gasteiger partial charge in [-0.05, 0) is 58.3 Å². The third kappa shape index (κ3) is 8.97. The van der Waals surface area contributed by atoms with E-state index in [4.69, 9.17) is 14.1 Å². The van der Waals surface area contributed by atoms with Crippen molar-refractivity contribution in [3.63, 3.8) is 0 Å². The minimum Gasteiger partial charge on any atom is -0.444 e. The number of nitrogens with one attached hydrogen (secondary N) is 1. The van der Waals surface area contributed by atoms with Gasteiger partial charge in [0.25, 0.3) is 0 Å². The van der Waals surface area contributed by atoms with Crippen LogP contribution < -0.4 is 10.2 Å². The van der Waals surface area contributed by atoms with Crippen LogP contribution in [0.3, 0.4) is 0 Å². The lowest BCUT2D eigenvalue weighted by Crippen LogP contribution is -2.45. The van der Waals surface area contributed by atoms with E-state index in [9.17, 15) is 4.79 Å². The van der Waals surface area contributed by atoms with E-state index in [1.165, 1.54) is 5.57 Å². The highest BCUT2D eigenvalue weighted by Crippen LogP contribution is 2.38. The van der Waals surface area contributed by atoms with E-state index in [-0.39, 0.29) is 5.04 Å². The van der Waals surface area contributed by atoms with Crippen molar-refractivity contribution in [2.45, 2.75) is 78.6 Å². The average molecular weight is 500 g/mol. The van der Waals surface area contributed by atoms with E-state index in [1.807, 2.05) is 39.0 Å². The number of carbonyl (C=O) groups is 1. The zero-order valence-corrected chi connectivity index (χ0v) is 24.2. The molecule has 0 saturated heterocycles. The topological polar surface area (TPSA) is 63.7 Å². The van der Waals surface area contributed by atoms with Crippen molar-refractivity contribution in [2.24, 2.45) is 5.92 Å². The Labute approximate surface area is 213 Å². The molecule has 1 aliphatic heterocycles. The molecule has 0 fully saturated rings. The molecule has 1 aliphatic rings. The molecule has 0 radical (unpaired) electrons. The van der Waals surface area contributed by atoms with Crippen LogP contribution >= 0.6 is 0 Å². The molecule has 6 nitrogen and oxygen atoms in total. The van der Waals surface area contributed by atoms with Gasteiger partial charge in [-0.2, -0.15) is 0 Å². The summed E-state index contributed by atoms with van der Waals surface area (Å²) in [5.74, 6) is 0.352. The summed E-state index contributed by atoms with van der Waals surface area (Å²) in [6.07, 6.45) is 9.89. The maximum Gasteiger partial charge on any atom is 0.412 e. The van der Waals surface area contributed by atoms with E-state index in [1.54, 1.807) is 12.3 Å². The fourth-order valence-corrected chi connectivity index (χ4v) is 4.69.